The number of aromatic nitrogens is 4. The molecule has 238 valence electrons. The van der Waals surface area contributed by atoms with Crippen LogP contribution in [-0.2, 0) is 22.9 Å². The Bertz CT molecular complexity index is 1440. The Balaban J connectivity index is 1.30. The van der Waals surface area contributed by atoms with Crippen LogP contribution >= 0.6 is 0 Å². The Labute approximate surface area is 261 Å². The van der Waals surface area contributed by atoms with E-state index in [1.165, 1.54) is 0 Å². The molecule has 10 nitrogen and oxygen atoms in total. The van der Waals surface area contributed by atoms with Gasteiger partial charge < -0.3 is 20.5 Å². The van der Waals surface area contributed by atoms with E-state index < -0.39 is 14.1 Å². The number of hydrogen-bond acceptors (Lipinski definition) is 6. The molecule has 0 saturated heterocycles. The SMILES string of the molecule is Cc1nn(COCC[Si](C)(C)C)c(CO)c1-c1ccc(NC(=O)C(NC(=O)c2ccnn2C(C)C)C(C2CC2)C2CC2)cc1. The van der Waals surface area contributed by atoms with Crippen LogP contribution < -0.4 is 10.6 Å². The van der Waals surface area contributed by atoms with Crippen molar-refractivity contribution in [2.24, 2.45) is 17.8 Å². The molecule has 11 heteroatoms. The van der Waals surface area contributed by atoms with Crippen LogP contribution in [0.1, 0.15) is 67.4 Å². The number of hydrogen-bond donors (Lipinski definition) is 3. The quantitative estimate of drug-likeness (QED) is 0.150. The molecule has 1 atom stereocenters. The molecule has 2 aliphatic carbocycles. The summed E-state index contributed by atoms with van der Waals surface area (Å²) in [5, 5.41) is 25.4. The van der Waals surface area contributed by atoms with Gasteiger partial charge in [-0.25, -0.2) is 4.68 Å². The van der Waals surface area contributed by atoms with Crippen molar-refractivity contribution in [1.29, 1.82) is 0 Å². The summed E-state index contributed by atoms with van der Waals surface area (Å²) in [5.74, 6) is 0.591. The average Bonchev–Trinajstić information content (AvgIpc) is 3.90. The smallest absolute Gasteiger partial charge is 0.270 e. The average molecular weight is 621 g/mol. The van der Waals surface area contributed by atoms with E-state index in [2.05, 4.69) is 40.5 Å². The molecule has 2 aromatic heterocycles. The van der Waals surface area contributed by atoms with Gasteiger partial charge in [-0.1, -0.05) is 31.8 Å². The van der Waals surface area contributed by atoms with Gasteiger partial charge in [0.2, 0.25) is 5.91 Å². The summed E-state index contributed by atoms with van der Waals surface area (Å²) in [6.45, 7) is 13.6. The molecular formula is C33H48N6O4Si. The number of carbonyl (C=O) groups is 2. The number of amides is 2. The largest absolute Gasteiger partial charge is 0.390 e. The number of aliphatic hydroxyl groups is 1. The molecule has 2 saturated carbocycles. The van der Waals surface area contributed by atoms with Crippen molar-refractivity contribution in [1.82, 2.24) is 24.9 Å². The number of aliphatic hydroxyl groups excluding tert-OH is 1. The highest BCUT2D eigenvalue weighted by atomic mass is 28.3. The predicted octanol–water partition coefficient (Wildman–Crippen LogP) is 5.61. The summed E-state index contributed by atoms with van der Waals surface area (Å²) in [6.07, 6.45) is 6.03. The second kappa shape index (κ2) is 13.4. The number of anilines is 1. The fourth-order valence-electron chi connectivity index (χ4n) is 6.09. The summed E-state index contributed by atoms with van der Waals surface area (Å²) < 4.78 is 9.33. The van der Waals surface area contributed by atoms with E-state index in [-0.39, 0.29) is 30.4 Å². The molecule has 2 fully saturated rings. The van der Waals surface area contributed by atoms with Crippen molar-refractivity contribution in [3.8, 4) is 11.1 Å². The standard InChI is InChI=1S/C33H48N6O4Si/c1-21(2)39-27(15-16-34-39)32(41)36-31(30(24-7-8-24)25-9-10-25)33(42)35-26-13-11-23(12-14-26)29-22(3)37-38(28(29)19-40)20-43-17-18-44(4,5)6/h11-16,21,24-25,30-31,40H,7-10,17-20H2,1-6H3,(H,35,42)(H,36,41). The van der Waals surface area contributed by atoms with Gasteiger partial charge in [-0.2, -0.15) is 10.2 Å². The van der Waals surface area contributed by atoms with E-state index in [1.54, 1.807) is 21.6 Å². The molecule has 0 bridgehead atoms. The van der Waals surface area contributed by atoms with Crippen LogP contribution in [0.25, 0.3) is 11.1 Å². The van der Waals surface area contributed by atoms with Crippen LogP contribution in [-0.4, -0.2) is 57.2 Å². The fraction of sp³-hybridized carbons (Fsp3) is 0.576. The van der Waals surface area contributed by atoms with Gasteiger partial charge in [-0.15, -0.1) is 0 Å². The molecule has 3 aromatic rings. The van der Waals surface area contributed by atoms with Gasteiger partial charge in [0.05, 0.1) is 18.0 Å². The highest BCUT2D eigenvalue weighted by Crippen LogP contribution is 2.51. The van der Waals surface area contributed by atoms with Crippen molar-refractivity contribution in [2.45, 2.75) is 97.6 Å². The van der Waals surface area contributed by atoms with Gasteiger partial charge in [0.15, 0.2) is 0 Å². The van der Waals surface area contributed by atoms with Crippen LogP contribution in [0.5, 0.6) is 0 Å². The summed E-state index contributed by atoms with van der Waals surface area (Å²) >= 11 is 0. The Kier molecular flexibility index (Phi) is 9.76. The van der Waals surface area contributed by atoms with Crippen molar-refractivity contribution in [3.05, 3.63) is 53.6 Å². The minimum Gasteiger partial charge on any atom is -0.390 e. The second-order valence-corrected chi connectivity index (χ2v) is 19.6. The van der Waals surface area contributed by atoms with Crippen molar-refractivity contribution >= 4 is 25.6 Å². The first-order chi connectivity index (χ1) is 21.0. The van der Waals surface area contributed by atoms with Gasteiger partial charge in [0.25, 0.3) is 5.91 Å². The monoisotopic (exact) mass is 620 g/mol. The van der Waals surface area contributed by atoms with Crippen molar-refractivity contribution in [2.75, 3.05) is 11.9 Å². The number of ether oxygens (including phenoxy) is 1. The van der Waals surface area contributed by atoms with E-state index >= 15 is 0 Å². The van der Waals surface area contributed by atoms with Gasteiger partial charge >= 0.3 is 0 Å². The number of rotatable bonds is 15. The first-order valence-electron chi connectivity index (χ1n) is 16.0. The molecule has 1 aromatic carbocycles. The van der Waals surface area contributed by atoms with Gasteiger partial charge in [-0.3, -0.25) is 14.3 Å². The zero-order chi connectivity index (χ0) is 31.6. The lowest BCUT2D eigenvalue weighted by Gasteiger charge is -2.28. The summed E-state index contributed by atoms with van der Waals surface area (Å²) in [4.78, 5) is 27.3. The number of nitrogens with one attached hydrogen (secondary N) is 2. The van der Waals surface area contributed by atoms with Gasteiger partial charge in [-0.05, 0) is 94.0 Å². The molecule has 1 unspecified atom stereocenters. The predicted molar refractivity (Wildman–Crippen MR) is 174 cm³/mol. The third kappa shape index (κ3) is 7.67. The molecule has 2 heterocycles. The molecular weight excluding hydrogens is 572 g/mol. The van der Waals surface area contributed by atoms with Crippen LogP contribution in [0.15, 0.2) is 36.5 Å². The minimum absolute atomic E-state index is 0.0313. The topological polar surface area (TPSA) is 123 Å². The first-order valence-corrected chi connectivity index (χ1v) is 19.7. The van der Waals surface area contributed by atoms with Crippen LogP contribution in [0.3, 0.4) is 0 Å². The van der Waals surface area contributed by atoms with Gasteiger partial charge in [0, 0.05) is 38.2 Å². The third-order valence-electron chi connectivity index (χ3n) is 8.71. The zero-order valence-electron chi connectivity index (χ0n) is 27.0. The van der Waals surface area contributed by atoms with E-state index in [0.717, 1.165) is 48.5 Å². The summed E-state index contributed by atoms with van der Waals surface area (Å²) in [7, 11) is -1.20. The first kappa shape index (κ1) is 32.1. The van der Waals surface area contributed by atoms with E-state index in [4.69, 9.17) is 4.74 Å². The molecule has 0 spiro atoms. The highest BCUT2D eigenvalue weighted by molar-refractivity contribution is 6.76. The molecule has 0 radical (unpaired) electrons. The fourth-order valence-corrected chi connectivity index (χ4v) is 6.85. The molecule has 2 aliphatic rings. The molecule has 44 heavy (non-hydrogen) atoms. The van der Waals surface area contributed by atoms with Crippen LogP contribution in [0.2, 0.25) is 25.7 Å². The maximum Gasteiger partial charge on any atom is 0.270 e. The number of aryl methyl sites for hydroxylation is 1. The Morgan fingerprint density at radius 2 is 1.73 bits per heavy atom. The van der Waals surface area contributed by atoms with E-state index in [1.807, 2.05) is 45.0 Å². The highest BCUT2D eigenvalue weighted by Gasteiger charge is 2.48. The van der Waals surface area contributed by atoms with E-state index in [0.29, 0.717) is 42.2 Å². The molecule has 2 amide bonds. The Morgan fingerprint density at radius 1 is 1.07 bits per heavy atom. The lowest BCUT2D eigenvalue weighted by Crippen LogP contribution is -2.50. The van der Waals surface area contributed by atoms with Crippen LogP contribution in [0, 0.1) is 24.7 Å². The number of benzene rings is 1. The lowest BCUT2D eigenvalue weighted by molar-refractivity contribution is -0.119. The van der Waals surface area contributed by atoms with Gasteiger partial charge in [0.1, 0.15) is 18.5 Å². The number of carbonyl (C=O) groups excluding carboxylic acids is 2. The molecule has 3 N–H and O–H groups in total. The Hall–Kier alpha value is -3.28. The Morgan fingerprint density at radius 3 is 2.30 bits per heavy atom. The lowest BCUT2D eigenvalue weighted by atomic mass is 9.88. The third-order valence-corrected chi connectivity index (χ3v) is 10.4. The van der Waals surface area contributed by atoms with Crippen molar-refractivity contribution < 1.29 is 19.4 Å². The maximum atomic E-state index is 13.8. The zero-order valence-corrected chi connectivity index (χ0v) is 28.0. The van der Waals surface area contributed by atoms with Crippen LogP contribution in [0.4, 0.5) is 5.69 Å². The van der Waals surface area contributed by atoms with Crippen molar-refractivity contribution in [3.63, 3.8) is 0 Å². The summed E-state index contributed by atoms with van der Waals surface area (Å²) in [5.41, 5.74) is 4.39. The normalized spacial score (nSPS) is 16.0. The maximum absolute atomic E-state index is 13.8. The summed E-state index contributed by atoms with van der Waals surface area (Å²) in [6, 6.07) is 9.78. The van der Waals surface area contributed by atoms with E-state index in [9.17, 15) is 14.7 Å². The minimum atomic E-state index is -1.20. The molecule has 0 aliphatic heterocycles. The number of nitrogens with zero attached hydrogens (tertiary/aromatic N) is 4. The molecule has 5 rings (SSSR count). The second-order valence-electron chi connectivity index (χ2n) is 13.9.